The first-order valence-electron chi connectivity index (χ1n) is 12.8. The summed E-state index contributed by atoms with van der Waals surface area (Å²) >= 11 is 0. The molecule has 1 heterocycles. The molecule has 0 spiro atoms. The fourth-order valence-electron chi connectivity index (χ4n) is 5.06. The Morgan fingerprint density at radius 3 is 2.35 bits per heavy atom. The molecule has 4 unspecified atom stereocenters. The molecule has 4 nitrogen and oxygen atoms in total. The maximum atomic E-state index is 9.63. The van der Waals surface area contributed by atoms with E-state index in [-0.39, 0.29) is 18.6 Å². The van der Waals surface area contributed by atoms with E-state index in [2.05, 4.69) is 11.4 Å². The molecule has 0 bridgehead atoms. The summed E-state index contributed by atoms with van der Waals surface area (Å²) < 4.78 is 11.8. The number of ether oxygens (including phenoxy) is 2. The normalized spacial score (nSPS) is 30.0. The smallest absolute Gasteiger partial charge is 0.164 e. The number of allylic oxidation sites excluding steroid dienone is 4. The minimum Gasteiger partial charge on any atom is -0.493 e. The van der Waals surface area contributed by atoms with Crippen LogP contribution in [-0.2, 0) is 9.47 Å². The van der Waals surface area contributed by atoms with Crippen LogP contribution in [0.15, 0.2) is 35.3 Å². The third-order valence-electron chi connectivity index (χ3n) is 6.73. The van der Waals surface area contributed by atoms with Gasteiger partial charge in [0.15, 0.2) is 11.5 Å². The standard InChI is InChI=1S/C17H24O3.C6H13N.2C2H6/c1-3-5-14(19-2)17-13-7-4-6-11-8-9-12(10-18)16(20-17)15(11)13;1-7-5-6-3-2-4-6;2*1-2/h3,5,7,11-12,15-16,18H,4,6,8-10H2,1-2H3;6-7H,2-5H2,1H3;2*1-2H3/b5-3-,17-14-;;;. The van der Waals surface area contributed by atoms with Crippen LogP contribution in [-0.4, -0.2) is 38.5 Å². The lowest BCUT2D eigenvalue weighted by Gasteiger charge is -2.38. The zero-order valence-corrected chi connectivity index (χ0v) is 21.2. The van der Waals surface area contributed by atoms with Gasteiger partial charge in [-0.1, -0.05) is 46.3 Å². The van der Waals surface area contributed by atoms with Gasteiger partial charge in [-0.25, -0.2) is 0 Å². The van der Waals surface area contributed by atoms with Crippen molar-refractivity contribution in [2.45, 2.75) is 85.7 Å². The molecule has 4 rings (SSSR count). The van der Waals surface area contributed by atoms with Gasteiger partial charge < -0.3 is 19.9 Å². The molecule has 4 heteroatoms. The van der Waals surface area contributed by atoms with Gasteiger partial charge in [0, 0.05) is 24.0 Å². The van der Waals surface area contributed by atoms with Gasteiger partial charge in [0.25, 0.3) is 0 Å². The van der Waals surface area contributed by atoms with Gasteiger partial charge >= 0.3 is 0 Å². The Balaban J connectivity index is 0.000000366. The molecule has 3 fully saturated rings. The Bertz CT molecular complexity index is 577. The summed E-state index contributed by atoms with van der Waals surface area (Å²) in [7, 11) is 3.72. The number of hydrogen-bond donors (Lipinski definition) is 2. The lowest BCUT2D eigenvalue weighted by molar-refractivity contribution is -0.00999. The van der Waals surface area contributed by atoms with E-state index in [9.17, 15) is 5.11 Å². The summed E-state index contributed by atoms with van der Waals surface area (Å²) in [5.41, 5.74) is 1.32. The maximum absolute atomic E-state index is 9.63. The van der Waals surface area contributed by atoms with E-state index in [1.54, 1.807) is 7.11 Å². The second-order valence-electron chi connectivity index (χ2n) is 8.38. The number of rotatable bonds is 5. The van der Waals surface area contributed by atoms with Gasteiger partial charge in [0.05, 0.1) is 7.11 Å². The predicted molar refractivity (Wildman–Crippen MR) is 132 cm³/mol. The first-order chi connectivity index (χ1) is 15.2. The van der Waals surface area contributed by atoms with Crippen LogP contribution in [0.4, 0.5) is 0 Å². The van der Waals surface area contributed by atoms with E-state index in [0.29, 0.717) is 11.8 Å². The summed E-state index contributed by atoms with van der Waals surface area (Å²) in [6.45, 7) is 11.4. The number of methoxy groups -OCH3 is 1. The van der Waals surface area contributed by atoms with Gasteiger partial charge in [0.2, 0.25) is 0 Å². The number of aliphatic hydroxyl groups is 1. The van der Waals surface area contributed by atoms with E-state index < -0.39 is 0 Å². The van der Waals surface area contributed by atoms with Crippen molar-refractivity contribution in [2.75, 3.05) is 27.3 Å². The van der Waals surface area contributed by atoms with E-state index in [4.69, 9.17) is 9.47 Å². The Morgan fingerprint density at radius 1 is 1.16 bits per heavy atom. The average Bonchev–Trinajstić information content (AvgIpc) is 3.19. The van der Waals surface area contributed by atoms with Gasteiger partial charge in [0.1, 0.15) is 6.10 Å². The zero-order valence-electron chi connectivity index (χ0n) is 21.2. The molecule has 0 radical (unpaired) electrons. The van der Waals surface area contributed by atoms with Crippen LogP contribution in [0.25, 0.3) is 0 Å². The first-order valence-corrected chi connectivity index (χ1v) is 12.8. The summed E-state index contributed by atoms with van der Waals surface area (Å²) in [5, 5.41) is 12.8. The molecule has 180 valence electrons. The molecule has 31 heavy (non-hydrogen) atoms. The highest BCUT2D eigenvalue weighted by Crippen LogP contribution is 2.52. The van der Waals surface area contributed by atoms with Crippen LogP contribution in [0.1, 0.15) is 79.6 Å². The maximum Gasteiger partial charge on any atom is 0.164 e. The predicted octanol–water partition coefficient (Wildman–Crippen LogP) is 6.23. The SMILES string of the molecule is C/C=C\C(OC)=C1\OC2C(CO)CCC3CCC=C1C32.CC.CC.CNCC1CCC1. The highest BCUT2D eigenvalue weighted by molar-refractivity contribution is 5.41. The summed E-state index contributed by atoms with van der Waals surface area (Å²) in [5.74, 6) is 4.17. The second-order valence-corrected chi connectivity index (χ2v) is 8.38. The molecule has 1 saturated heterocycles. The minimum atomic E-state index is 0.135. The van der Waals surface area contributed by atoms with E-state index >= 15 is 0 Å². The zero-order chi connectivity index (χ0) is 23.2. The van der Waals surface area contributed by atoms with Gasteiger partial charge in [-0.2, -0.15) is 0 Å². The second kappa shape index (κ2) is 15.5. The van der Waals surface area contributed by atoms with Crippen molar-refractivity contribution in [2.24, 2.45) is 23.7 Å². The van der Waals surface area contributed by atoms with E-state index in [0.717, 1.165) is 30.3 Å². The highest BCUT2D eigenvalue weighted by atomic mass is 16.5. The minimum absolute atomic E-state index is 0.135. The topological polar surface area (TPSA) is 50.7 Å². The van der Waals surface area contributed by atoms with E-state index in [1.807, 2.05) is 53.8 Å². The van der Waals surface area contributed by atoms with Gasteiger partial charge in [-0.05, 0) is 77.0 Å². The molecule has 0 amide bonds. The average molecular weight is 436 g/mol. The summed E-state index contributed by atoms with van der Waals surface area (Å²) in [4.78, 5) is 0. The van der Waals surface area contributed by atoms with Crippen LogP contribution >= 0.6 is 0 Å². The van der Waals surface area contributed by atoms with Crippen LogP contribution in [0.3, 0.4) is 0 Å². The quantitative estimate of drug-likeness (QED) is 0.502. The number of hydrogen-bond acceptors (Lipinski definition) is 4. The van der Waals surface area contributed by atoms with Crippen LogP contribution in [0.2, 0.25) is 0 Å². The summed E-state index contributed by atoms with van der Waals surface area (Å²) in [6, 6.07) is 0. The molecule has 4 aliphatic rings. The molecule has 0 aromatic carbocycles. The van der Waals surface area contributed by atoms with Crippen molar-refractivity contribution >= 4 is 0 Å². The van der Waals surface area contributed by atoms with Crippen molar-refractivity contribution in [1.82, 2.24) is 5.32 Å². The molecule has 0 aromatic heterocycles. The van der Waals surface area contributed by atoms with Crippen molar-refractivity contribution in [1.29, 1.82) is 0 Å². The Morgan fingerprint density at radius 2 is 1.87 bits per heavy atom. The fraction of sp³-hybridized carbons (Fsp3) is 0.778. The summed E-state index contributed by atoms with van der Waals surface area (Å²) in [6.07, 6.45) is 15.5. The Labute approximate surface area is 192 Å². The van der Waals surface area contributed by atoms with Gasteiger partial charge in [-0.15, -0.1) is 0 Å². The largest absolute Gasteiger partial charge is 0.493 e. The molecule has 3 aliphatic carbocycles. The molecule has 0 aromatic rings. The van der Waals surface area contributed by atoms with Crippen molar-refractivity contribution < 1.29 is 14.6 Å². The number of nitrogens with one attached hydrogen (secondary N) is 1. The van der Waals surface area contributed by atoms with Crippen LogP contribution < -0.4 is 5.32 Å². The van der Waals surface area contributed by atoms with Crippen LogP contribution in [0, 0.1) is 23.7 Å². The fourth-order valence-corrected chi connectivity index (χ4v) is 5.06. The highest BCUT2D eigenvalue weighted by Gasteiger charge is 2.50. The Hall–Kier alpha value is -1.26. The molecular weight excluding hydrogens is 386 g/mol. The van der Waals surface area contributed by atoms with Crippen molar-refractivity contribution in [3.05, 3.63) is 35.3 Å². The van der Waals surface area contributed by atoms with Crippen molar-refractivity contribution in [3.8, 4) is 0 Å². The molecule has 4 atom stereocenters. The monoisotopic (exact) mass is 435 g/mol. The third kappa shape index (κ3) is 7.12. The van der Waals surface area contributed by atoms with Gasteiger partial charge in [-0.3, -0.25) is 0 Å². The molecule has 2 N–H and O–H groups in total. The number of aliphatic hydroxyl groups excluding tert-OH is 1. The first kappa shape index (κ1) is 27.8. The lowest BCUT2D eigenvalue weighted by atomic mass is 9.66. The van der Waals surface area contributed by atoms with Crippen LogP contribution in [0.5, 0.6) is 0 Å². The molecule has 2 saturated carbocycles. The molecule has 1 aliphatic heterocycles. The third-order valence-corrected chi connectivity index (χ3v) is 6.73. The Kier molecular flexibility index (Phi) is 13.9. The van der Waals surface area contributed by atoms with Crippen molar-refractivity contribution in [3.63, 3.8) is 0 Å². The lowest BCUT2D eigenvalue weighted by Crippen LogP contribution is -2.39. The van der Waals surface area contributed by atoms with E-state index in [1.165, 1.54) is 44.2 Å². The molecular formula is C27H49NO3.